The Kier molecular flexibility index (Phi) is 4.54. The van der Waals surface area contributed by atoms with Crippen molar-refractivity contribution in [2.45, 2.75) is 25.1 Å². The van der Waals surface area contributed by atoms with E-state index in [0.29, 0.717) is 19.2 Å². The van der Waals surface area contributed by atoms with E-state index in [4.69, 9.17) is 0 Å². The summed E-state index contributed by atoms with van der Waals surface area (Å²) >= 11 is 0. The predicted octanol–water partition coefficient (Wildman–Crippen LogP) is 3.68. The van der Waals surface area contributed by atoms with Gasteiger partial charge < -0.3 is 4.90 Å². The van der Waals surface area contributed by atoms with E-state index in [1.165, 1.54) is 0 Å². The zero-order valence-corrected chi connectivity index (χ0v) is 10.8. The quantitative estimate of drug-likeness (QED) is 0.779. The molecule has 1 rings (SSSR count). The number of hydrogen-bond acceptors (Lipinski definition) is 1. The third kappa shape index (κ3) is 3.27. The number of carbonyl (C=O) groups is 1. The van der Waals surface area contributed by atoms with Crippen LogP contribution < -0.4 is 0 Å². The molecule has 0 aromatic heterocycles. The van der Waals surface area contributed by atoms with Gasteiger partial charge in [0.05, 0.1) is 6.04 Å². The van der Waals surface area contributed by atoms with Crippen LogP contribution in [0.3, 0.4) is 0 Å². The summed E-state index contributed by atoms with van der Waals surface area (Å²) in [5, 5.41) is 0. The molecule has 0 saturated carbocycles. The van der Waals surface area contributed by atoms with Crippen LogP contribution in [-0.2, 0) is 4.79 Å². The molecule has 0 fully saturated rings. The van der Waals surface area contributed by atoms with E-state index < -0.39 is 41.2 Å². The van der Waals surface area contributed by atoms with Gasteiger partial charge in [-0.2, -0.15) is 22.0 Å². The van der Waals surface area contributed by atoms with Gasteiger partial charge >= 0.3 is 18.0 Å². The van der Waals surface area contributed by atoms with Crippen LogP contribution in [0.25, 0.3) is 0 Å². The standard InChI is InChI=1S/C12H10F7NO/c1-6(8-5-7(13)3-4-9(8)14)20(2)10(21)11(15,16)12(17,18)19/h3-6H,1-2H3. The Morgan fingerprint density at radius 3 is 2.14 bits per heavy atom. The Hall–Kier alpha value is -1.80. The zero-order chi connectivity index (χ0) is 16.6. The molecule has 1 unspecified atom stereocenters. The fraction of sp³-hybridized carbons (Fsp3) is 0.417. The fourth-order valence-electron chi connectivity index (χ4n) is 1.56. The van der Waals surface area contributed by atoms with E-state index in [1.54, 1.807) is 0 Å². The van der Waals surface area contributed by atoms with Crippen molar-refractivity contribution in [2.75, 3.05) is 7.05 Å². The summed E-state index contributed by atoms with van der Waals surface area (Å²) in [6.45, 7) is 1.00. The van der Waals surface area contributed by atoms with Gasteiger partial charge in [-0.3, -0.25) is 4.79 Å². The molecule has 0 heterocycles. The highest BCUT2D eigenvalue weighted by molar-refractivity contribution is 5.84. The number of alkyl halides is 5. The summed E-state index contributed by atoms with van der Waals surface area (Å²) in [5.41, 5.74) is -0.510. The van der Waals surface area contributed by atoms with E-state index in [-0.39, 0.29) is 4.90 Å². The molecule has 0 aliphatic rings. The molecule has 118 valence electrons. The van der Waals surface area contributed by atoms with Gasteiger partial charge in [-0.1, -0.05) is 0 Å². The average molecular weight is 317 g/mol. The number of halogens is 7. The first kappa shape index (κ1) is 17.3. The minimum absolute atomic E-state index is 0.0192. The second-order valence-corrected chi connectivity index (χ2v) is 4.33. The van der Waals surface area contributed by atoms with E-state index >= 15 is 0 Å². The molecule has 0 radical (unpaired) electrons. The van der Waals surface area contributed by atoms with E-state index in [0.717, 1.165) is 13.0 Å². The molecule has 0 aliphatic carbocycles. The minimum Gasteiger partial charge on any atom is -0.333 e. The summed E-state index contributed by atoms with van der Waals surface area (Å²) in [6.07, 6.45) is -6.07. The molecule has 9 heteroatoms. The van der Waals surface area contributed by atoms with Gasteiger partial charge in [-0.15, -0.1) is 0 Å². The maximum absolute atomic E-state index is 13.5. The topological polar surface area (TPSA) is 20.3 Å². The molecule has 0 aliphatic heterocycles. The van der Waals surface area contributed by atoms with Crippen LogP contribution in [0.5, 0.6) is 0 Å². The lowest BCUT2D eigenvalue weighted by Gasteiger charge is -2.29. The van der Waals surface area contributed by atoms with E-state index in [9.17, 15) is 35.5 Å². The SMILES string of the molecule is CC(c1cc(F)ccc1F)N(C)C(=O)C(F)(F)C(F)(F)F. The van der Waals surface area contributed by atoms with Gasteiger partial charge in [0.15, 0.2) is 0 Å². The summed E-state index contributed by atoms with van der Waals surface area (Å²) in [4.78, 5) is 11.3. The molecule has 2 nitrogen and oxygen atoms in total. The van der Waals surface area contributed by atoms with E-state index in [2.05, 4.69) is 0 Å². The normalized spacial score (nSPS) is 14.0. The van der Waals surface area contributed by atoms with Crippen LogP contribution in [0.1, 0.15) is 18.5 Å². The first-order valence-corrected chi connectivity index (χ1v) is 5.56. The minimum atomic E-state index is -6.07. The molecule has 0 bridgehead atoms. The number of rotatable bonds is 3. The van der Waals surface area contributed by atoms with Gasteiger partial charge in [0, 0.05) is 12.6 Å². The van der Waals surface area contributed by atoms with Crippen LogP contribution >= 0.6 is 0 Å². The van der Waals surface area contributed by atoms with Crippen molar-refractivity contribution < 1.29 is 35.5 Å². The summed E-state index contributed by atoms with van der Waals surface area (Å²) < 4.78 is 88.7. The van der Waals surface area contributed by atoms with Crippen molar-refractivity contribution >= 4 is 5.91 Å². The van der Waals surface area contributed by atoms with Crippen molar-refractivity contribution in [1.29, 1.82) is 0 Å². The summed E-state index contributed by atoms with van der Waals surface area (Å²) in [7, 11) is 0.650. The van der Waals surface area contributed by atoms with Crippen LogP contribution in [0.4, 0.5) is 30.7 Å². The number of carbonyl (C=O) groups excluding carboxylic acids is 1. The third-order valence-electron chi connectivity index (χ3n) is 2.93. The molecule has 1 atom stereocenters. The van der Waals surface area contributed by atoms with Gasteiger partial charge in [-0.25, -0.2) is 8.78 Å². The first-order valence-electron chi connectivity index (χ1n) is 5.56. The summed E-state index contributed by atoms with van der Waals surface area (Å²) in [5.74, 6) is -10.1. The fourth-order valence-corrected chi connectivity index (χ4v) is 1.56. The van der Waals surface area contributed by atoms with Crippen LogP contribution in [0.15, 0.2) is 18.2 Å². The molecular formula is C12H10F7NO. The van der Waals surface area contributed by atoms with Crippen molar-refractivity contribution in [3.8, 4) is 0 Å². The number of hydrogen-bond donors (Lipinski definition) is 0. The van der Waals surface area contributed by atoms with Gasteiger partial charge in [0.1, 0.15) is 11.6 Å². The molecule has 0 spiro atoms. The second-order valence-electron chi connectivity index (χ2n) is 4.33. The lowest BCUT2D eigenvalue weighted by atomic mass is 10.1. The zero-order valence-electron chi connectivity index (χ0n) is 10.8. The Labute approximate surface area is 115 Å². The monoisotopic (exact) mass is 317 g/mol. The molecular weight excluding hydrogens is 307 g/mol. The van der Waals surface area contributed by atoms with Crippen LogP contribution in [0.2, 0.25) is 0 Å². The molecule has 21 heavy (non-hydrogen) atoms. The molecule has 1 aromatic rings. The lowest BCUT2D eigenvalue weighted by Crippen LogP contribution is -2.51. The number of benzene rings is 1. The van der Waals surface area contributed by atoms with Crippen molar-refractivity contribution in [3.05, 3.63) is 35.4 Å². The third-order valence-corrected chi connectivity index (χ3v) is 2.93. The molecule has 0 saturated heterocycles. The van der Waals surface area contributed by atoms with Crippen molar-refractivity contribution in [1.82, 2.24) is 4.90 Å². The number of nitrogens with zero attached hydrogens (tertiary/aromatic N) is 1. The van der Waals surface area contributed by atoms with Crippen LogP contribution in [0, 0.1) is 11.6 Å². The van der Waals surface area contributed by atoms with Gasteiger partial charge in [0.2, 0.25) is 0 Å². The van der Waals surface area contributed by atoms with Gasteiger partial charge in [-0.05, 0) is 25.1 Å². The first-order chi connectivity index (χ1) is 9.39. The Morgan fingerprint density at radius 1 is 1.14 bits per heavy atom. The smallest absolute Gasteiger partial charge is 0.333 e. The van der Waals surface area contributed by atoms with E-state index in [1.807, 2.05) is 0 Å². The molecule has 1 aromatic carbocycles. The average Bonchev–Trinajstić information content (AvgIpc) is 2.37. The van der Waals surface area contributed by atoms with Crippen LogP contribution in [-0.4, -0.2) is 30.0 Å². The largest absolute Gasteiger partial charge is 0.463 e. The number of amides is 1. The Bertz CT molecular complexity index is 541. The second kappa shape index (κ2) is 5.53. The highest BCUT2D eigenvalue weighted by Gasteiger charge is 2.64. The predicted molar refractivity (Wildman–Crippen MR) is 58.5 cm³/mol. The highest BCUT2D eigenvalue weighted by atomic mass is 19.4. The molecule has 1 amide bonds. The van der Waals surface area contributed by atoms with Crippen molar-refractivity contribution in [2.24, 2.45) is 0 Å². The Balaban J connectivity index is 3.11. The summed E-state index contributed by atoms with van der Waals surface area (Å²) in [6, 6.07) is 0.538. The lowest BCUT2D eigenvalue weighted by molar-refractivity contribution is -0.274. The van der Waals surface area contributed by atoms with Crippen molar-refractivity contribution in [3.63, 3.8) is 0 Å². The molecule has 0 N–H and O–H groups in total. The van der Waals surface area contributed by atoms with Gasteiger partial charge in [0.25, 0.3) is 0 Å². The maximum atomic E-state index is 13.5. The maximum Gasteiger partial charge on any atom is 0.463 e. The highest BCUT2D eigenvalue weighted by Crippen LogP contribution is 2.38. The Morgan fingerprint density at radius 2 is 1.67 bits per heavy atom.